The molecule has 2 aromatic heterocycles. The van der Waals surface area contributed by atoms with Crippen LogP contribution in [0.25, 0.3) is 21.5 Å². The predicted molar refractivity (Wildman–Crippen MR) is 97.0 cm³/mol. The number of methoxy groups -OCH3 is 1. The summed E-state index contributed by atoms with van der Waals surface area (Å²) in [6.45, 7) is 0.280. The van der Waals surface area contributed by atoms with Crippen LogP contribution in [0.4, 0.5) is 0 Å². The second-order valence-electron chi connectivity index (χ2n) is 5.41. The van der Waals surface area contributed by atoms with Crippen LogP contribution >= 0.6 is 11.3 Å². The summed E-state index contributed by atoms with van der Waals surface area (Å²) in [5.74, 6) is 0.770. The van der Waals surface area contributed by atoms with E-state index in [1.165, 1.54) is 16.0 Å². The van der Waals surface area contributed by atoms with E-state index in [-0.39, 0.29) is 12.1 Å². The first-order valence-corrected chi connectivity index (χ1v) is 8.54. The summed E-state index contributed by atoms with van der Waals surface area (Å²) >= 11 is 1.51. The first-order chi connectivity index (χ1) is 12.3. The van der Waals surface area contributed by atoms with Crippen molar-refractivity contribution in [3.8, 4) is 16.3 Å². The summed E-state index contributed by atoms with van der Waals surface area (Å²) in [6, 6.07) is 14.9. The highest BCUT2D eigenvalue weighted by Gasteiger charge is 2.12. The first kappa shape index (κ1) is 15.5. The standard InChI is InChI=1S/C18H14N4O2S/c1-24-16-9-5-3-7-14(16)17-19-12(11-25-17)10-22-18(23)13-6-2-4-8-15(13)20-21-22/h2-9,11H,10H2,1H3. The second kappa shape index (κ2) is 6.45. The minimum Gasteiger partial charge on any atom is -0.496 e. The number of rotatable bonds is 4. The van der Waals surface area contributed by atoms with Crippen molar-refractivity contribution in [2.24, 2.45) is 0 Å². The Morgan fingerprint density at radius 2 is 1.92 bits per heavy atom. The van der Waals surface area contributed by atoms with Crippen molar-refractivity contribution in [3.63, 3.8) is 0 Å². The number of hydrogen-bond donors (Lipinski definition) is 0. The summed E-state index contributed by atoms with van der Waals surface area (Å²) in [6.07, 6.45) is 0. The fourth-order valence-corrected chi connectivity index (χ4v) is 3.45. The van der Waals surface area contributed by atoms with Gasteiger partial charge in [0, 0.05) is 5.38 Å². The fourth-order valence-electron chi connectivity index (χ4n) is 2.61. The molecule has 0 atom stereocenters. The fraction of sp³-hybridized carbons (Fsp3) is 0.111. The van der Waals surface area contributed by atoms with E-state index >= 15 is 0 Å². The van der Waals surface area contributed by atoms with Gasteiger partial charge in [0.2, 0.25) is 0 Å². The van der Waals surface area contributed by atoms with E-state index < -0.39 is 0 Å². The maximum Gasteiger partial charge on any atom is 0.277 e. The summed E-state index contributed by atoms with van der Waals surface area (Å²) in [7, 11) is 1.64. The van der Waals surface area contributed by atoms with E-state index in [9.17, 15) is 4.79 Å². The van der Waals surface area contributed by atoms with Crippen molar-refractivity contribution in [1.29, 1.82) is 0 Å². The molecule has 0 N–H and O–H groups in total. The Morgan fingerprint density at radius 1 is 1.12 bits per heavy atom. The lowest BCUT2D eigenvalue weighted by molar-refractivity contribution is 0.416. The highest BCUT2D eigenvalue weighted by Crippen LogP contribution is 2.31. The zero-order chi connectivity index (χ0) is 17.2. The molecule has 0 aliphatic heterocycles. The zero-order valence-electron chi connectivity index (χ0n) is 13.4. The van der Waals surface area contributed by atoms with Crippen molar-refractivity contribution >= 4 is 22.2 Å². The number of hydrogen-bond acceptors (Lipinski definition) is 6. The molecule has 0 bridgehead atoms. The molecule has 0 spiro atoms. The molecule has 25 heavy (non-hydrogen) atoms. The van der Waals surface area contributed by atoms with Crippen LogP contribution in [0.15, 0.2) is 58.7 Å². The lowest BCUT2D eigenvalue weighted by Gasteiger charge is -2.05. The first-order valence-electron chi connectivity index (χ1n) is 7.66. The number of fused-ring (bicyclic) bond motifs is 1. The van der Waals surface area contributed by atoms with E-state index in [1.54, 1.807) is 19.2 Å². The SMILES string of the molecule is COc1ccccc1-c1nc(Cn2nnc3ccccc3c2=O)cs1. The lowest BCUT2D eigenvalue weighted by Crippen LogP contribution is -2.24. The maximum absolute atomic E-state index is 12.5. The van der Waals surface area contributed by atoms with Gasteiger partial charge in [0.25, 0.3) is 5.56 Å². The van der Waals surface area contributed by atoms with Crippen molar-refractivity contribution < 1.29 is 4.74 Å². The quantitative estimate of drug-likeness (QED) is 0.566. The van der Waals surface area contributed by atoms with Crippen LogP contribution in [-0.2, 0) is 6.54 Å². The molecule has 0 radical (unpaired) electrons. The van der Waals surface area contributed by atoms with Crippen molar-refractivity contribution in [3.05, 3.63) is 70.0 Å². The normalized spacial score (nSPS) is 10.9. The molecule has 0 aliphatic carbocycles. The average Bonchev–Trinajstić information content (AvgIpc) is 3.12. The molecule has 124 valence electrons. The third kappa shape index (κ3) is 2.89. The highest BCUT2D eigenvalue weighted by molar-refractivity contribution is 7.13. The van der Waals surface area contributed by atoms with E-state index in [0.717, 1.165) is 22.0 Å². The van der Waals surface area contributed by atoms with Crippen LogP contribution in [0.3, 0.4) is 0 Å². The number of thiazole rings is 1. The summed E-state index contributed by atoms with van der Waals surface area (Å²) in [5, 5.41) is 11.4. The van der Waals surface area contributed by atoms with E-state index in [1.807, 2.05) is 41.8 Å². The Labute approximate surface area is 147 Å². The molecule has 7 heteroatoms. The van der Waals surface area contributed by atoms with Gasteiger partial charge in [-0.3, -0.25) is 4.79 Å². The minimum absolute atomic E-state index is 0.169. The Bertz CT molecular complexity index is 1100. The van der Waals surface area contributed by atoms with Gasteiger partial charge in [-0.05, 0) is 24.3 Å². The molecular weight excluding hydrogens is 336 g/mol. The Morgan fingerprint density at radius 3 is 2.80 bits per heavy atom. The van der Waals surface area contributed by atoms with Crippen LogP contribution in [0, 0.1) is 0 Å². The summed E-state index contributed by atoms with van der Waals surface area (Å²) in [4.78, 5) is 17.1. The monoisotopic (exact) mass is 350 g/mol. The third-order valence-corrected chi connectivity index (χ3v) is 4.75. The molecule has 0 fully saturated rings. The van der Waals surface area contributed by atoms with Gasteiger partial charge in [0.15, 0.2) is 0 Å². The molecule has 0 aliphatic rings. The molecule has 0 saturated heterocycles. The average molecular weight is 350 g/mol. The number of benzene rings is 2. The molecule has 0 unspecified atom stereocenters. The molecule has 6 nitrogen and oxygen atoms in total. The Hall–Kier alpha value is -3.06. The Kier molecular flexibility index (Phi) is 3.99. The van der Waals surface area contributed by atoms with Gasteiger partial charge in [-0.2, -0.15) is 0 Å². The van der Waals surface area contributed by atoms with Gasteiger partial charge in [-0.15, -0.1) is 16.4 Å². The molecular formula is C18H14N4O2S. The van der Waals surface area contributed by atoms with E-state index in [4.69, 9.17) is 4.74 Å². The van der Waals surface area contributed by atoms with Crippen molar-refractivity contribution in [2.75, 3.05) is 7.11 Å². The molecule has 4 aromatic rings. The van der Waals surface area contributed by atoms with Crippen LogP contribution < -0.4 is 10.3 Å². The van der Waals surface area contributed by atoms with Crippen LogP contribution in [0.1, 0.15) is 5.69 Å². The van der Waals surface area contributed by atoms with Crippen molar-refractivity contribution in [1.82, 2.24) is 20.0 Å². The Balaban J connectivity index is 1.68. The van der Waals surface area contributed by atoms with Gasteiger partial charge in [0.1, 0.15) is 16.3 Å². The van der Waals surface area contributed by atoms with Gasteiger partial charge in [-0.25, -0.2) is 9.67 Å². The molecule has 2 aromatic carbocycles. The highest BCUT2D eigenvalue weighted by atomic mass is 32.1. The number of para-hydroxylation sites is 1. The van der Waals surface area contributed by atoms with Crippen LogP contribution in [0.2, 0.25) is 0 Å². The summed E-state index contributed by atoms with van der Waals surface area (Å²) < 4.78 is 6.72. The minimum atomic E-state index is -0.169. The molecule has 0 saturated carbocycles. The number of aromatic nitrogens is 4. The zero-order valence-corrected chi connectivity index (χ0v) is 14.2. The van der Waals surface area contributed by atoms with Gasteiger partial charge in [-0.1, -0.05) is 29.5 Å². The predicted octanol–water partition coefficient (Wildman–Crippen LogP) is 2.97. The second-order valence-corrected chi connectivity index (χ2v) is 6.27. The van der Waals surface area contributed by atoms with Crippen molar-refractivity contribution in [2.45, 2.75) is 6.54 Å². The molecule has 4 rings (SSSR count). The summed E-state index contributed by atoms with van der Waals surface area (Å²) in [5.41, 5.74) is 2.12. The van der Waals surface area contributed by atoms with Gasteiger partial charge in [0.05, 0.1) is 30.3 Å². The number of nitrogens with zero attached hydrogens (tertiary/aromatic N) is 4. The lowest BCUT2D eigenvalue weighted by atomic mass is 10.2. The van der Waals surface area contributed by atoms with Crippen LogP contribution in [-0.4, -0.2) is 27.1 Å². The maximum atomic E-state index is 12.5. The van der Waals surface area contributed by atoms with E-state index in [0.29, 0.717) is 10.9 Å². The largest absolute Gasteiger partial charge is 0.496 e. The van der Waals surface area contributed by atoms with Gasteiger partial charge < -0.3 is 4.74 Å². The smallest absolute Gasteiger partial charge is 0.277 e. The third-order valence-electron chi connectivity index (χ3n) is 3.83. The molecule has 2 heterocycles. The molecule has 0 amide bonds. The number of ether oxygens (including phenoxy) is 1. The topological polar surface area (TPSA) is 69.9 Å². The van der Waals surface area contributed by atoms with E-state index in [2.05, 4.69) is 15.3 Å². The van der Waals surface area contributed by atoms with Crippen LogP contribution in [0.5, 0.6) is 5.75 Å². The van der Waals surface area contributed by atoms with Gasteiger partial charge >= 0.3 is 0 Å².